The van der Waals surface area contributed by atoms with E-state index in [9.17, 15) is 14.4 Å². The van der Waals surface area contributed by atoms with Gasteiger partial charge in [-0.05, 0) is 93.0 Å². The van der Waals surface area contributed by atoms with Crippen molar-refractivity contribution in [1.29, 1.82) is 0 Å². The summed E-state index contributed by atoms with van der Waals surface area (Å²) >= 11 is 0. The highest BCUT2D eigenvalue weighted by Crippen LogP contribution is 2.32. The fraction of sp³-hybridized carbons (Fsp3) is 0.323. The Balaban J connectivity index is 2.36. The highest BCUT2D eigenvalue weighted by Gasteiger charge is 2.14. The third kappa shape index (κ3) is 9.48. The molecule has 0 amide bonds. The first-order chi connectivity index (χ1) is 18.2. The number of aryl methyl sites for hydroxylation is 2. The number of benzene rings is 2. The van der Waals surface area contributed by atoms with Gasteiger partial charge in [-0.25, -0.2) is 9.59 Å². The maximum Gasteiger partial charge on any atom is 0.338 e. The summed E-state index contributed by atoms with van der Waals surface area (Å²) in [4.78, 5) is 34.9. The summed E-state index contributed by atoms with van der Waals surface area (Å²) in [5.74, 6) is -0.0161. The number of ether oxygens (including phenoxy) is 4. The van der Waals surface area contributed by atoms with E-state index >= 15 is 0 Å². The molecule has 202 valence electrons. The average Bonchev–Trinajstić information content (AvgIpc) is 2.88. The predicted molar refractivity (Wildman–Crippen MR) is 148 cm³/mol. The monoisotopic (exact) mass is 520 g/mol. The van der Waals surface area contributed by atoms with Crippen molar-refractivity contribution in [2.24, 2.45) is 0 Å². The van der Waals surface area contributed by atoms with Gasteiger partial charge in [-0.1, -0.05) is 31.4 Å². The van der Waals surface area contributed by atoms with Gasteiger partial charge in [-0.15, -0.1) is 0 Å². The fourth-order valence-corrected chi connectivity index (χ4v) is 3.68. The molecule has 0 spiro atoms. The van der Waals surface area contributed by atoms with Crippen LogP contribution in [0.4, 0.5) is 0 Å². The number of hydrogen-bond donors (Lipinski definition) is 0. The minimum absolute atomic E-state index is 0.229. The molecule has 0 saturated heterocycles. The number of hydrogen-bond acceptors (Lipinski definition) is 7. The summed E-state index contributed by atoms with van der Waals surface area (Å²) in [7, 11) is 1.67. The van der Waals surface area contributed by atoms with Gasteiger partial charge in [0.1, 0.15) is 11.5 Å². The molecule has 0 aliphatic rings. The second kappa shape index (κ2) is 15.3. The molecular weight excluding hydrogens is 484 g/mol. The molecule has 2 aromatic carbocycles. The van der Waals surface area contributed by atoms with Crippen LogP contribution in [0.2, 0.25) is 0 Å². The van der Waals surface area contributed by atoms with E-state index < -0.39 is 11.9 Å². The van der Waals surface area contributed by atoms with Crippen LogP contribution >= 0.6 is 0 Å². The number of carbonyl (C=O) groups is 3. The molecule has 0 radical (unpaired) electrons. The zero-order valence-electron chi connectivity index (χ0n) is 22.6. The van der Waals surface area contributed by atoms with Crippen LogP contribution in [0.15, 0.2) is 60.7 Å². The van der Waals surface area contributed by atoms with Crippen molar-refractivity contribution in [2.75, 3.05) is 20.3 Å². The summed E-state index contributed by atoms with van der Waals surface area (Å²) in [5.41, 5.74) is 5.19. The van der Waals surface area contributed by atoms with Gasteiger partial charge < -0.3 is 18.9 Å². The van der Waals surface area contributed by atoms with Crippen LogP contribution in [0.25, 0.3) is 11.6 Å². The van der Waals surface area contributed by atoms with Crippen molar-refractivity contribution in [3.8, 4) is 11.5 Å². The van der Waals surface area contributed by atoms with E-state index in [1.54, 1.807) is 33.1 Å². The Kier molecular flexibility index (Phi) is 12.2. The molecule has 0 unspecified atom stereocenters. The summed E-state index contributed by atoms with van der Waals surface area (Å²) in [5, 5.41) is 0. The molecule has 0 aromatic heterocycles. The first-order valence-corrected chi connectivity index (χ1v) is 12.4. The first-order valence-electron chi connectivity index (χ1n) is 12.4. The lowest BCUT2D eigenvalue weighted by atomic mass is 9.96. The topological polar surface area (TPSA) is 88.1 Å². The summed E-state index contributed by atoms with van der Waals surface area (Å²) in [6.45, 7) is 13.6. The molecule has 0 atom stereocenters. The van der Waals surface area contributed by atoms with Crippen molar-refractivity contribution in [2.45, 2.75) is 46.5 Å². The Labute approximate surface area is 224 Å². The Morgan fingerprint density at radius 1 is 0.895 bits per heavy atom. The smallest absolute Gasteiger partial charge is 0.338 e. The third-order valence-electron chi connectivity index (χ3n) is 5.65. The van der Waals surface area contributed by atoms with Gasteiger partial charge in [0.15, 0.2) is 0 Å². The molecule has 0 bridgehead atoms. The Morgan fingerprint density at radius 2 is 1.55 bits per heavy atom. The number of rotatable bonds is 15. The number of carbonyl (C=O) groups excluding carboxylic acids is 3. The minimum Gasteiger partial charge on any atom is -0.462 e. The van der Waals surface area contributed by atoms with Crippen molar-refractivity contribution < 1.29 is 33.3 Å². The van der Waals surface area contributed by atoms with Crippen LogP contribution < -0.4 is 9.47 Å². The van der Waals surface area contributed by atoms with E-state index in [2.05, 4.69) is 13.2 Å². The van der Waals surface area contributed by atoms with Gasteiger partial charge >= 0.3 is 11.9 Å². The second-order valence-corrected chi connectivity index (χ2v) is 9.03. The second-order valence-electron chi connectivity index (χ2n) is 9.03. The van der Waals surface area contributed by atoms with Crippen molar-refractivity contribution in [1.82, 2.24) is 0 Å². The lowest BCUT2D eigenvalue weighted by Crippen LogP contribution is -2.08. The SMILES string of the molecule is C=C(C)C(=O)OCCCc1cc(CCCOC)cc(/C=C(\C)c2ccc(OC(=O)C(=C)C)cc2)c1OC=O. The molecule has 0 heterocycles. The van der Waals surface area contributed by atoms with Gasteiger partial charge in [0, 0.05) is 30.4 Å². The minimum atomic E-state index is -0.479. The quantitative estimate of drug-likeness (QED) is 0.0722. The van der Waals surface area contributed by atoms with Crippen LogP contribution in [-0.2, 0) is 36.7 Å². The standard InChI is InChI=1S/C31H36O7/c1-21(2)30(33)36-16-8-10-26-18-24(9-7-15-35-6)19-27(29(26)37-20-32)17-23(5)25-11-13-28(14-12-25)38-31(34)22(3)4/h11-14,17-20H,1,3,7-10,15-16H2,2,4-6H3/b23-17+. The van der Waals surface area contributed by atoms with Crippen LogP contribution in [0.1, 0.15) is 55.9 Å². The van der Waals surface area contributed by atoms with Crippen LogP contribution in [-0.4, -0.2) is 38.7 Å². The van der Waals surface area contributed by atoms with Crippen molar-refractivity contribution in [3.63, 3.8) is 0 Å². The zero-order valence-corrected chi connectivity index (χ0v) is 22.6. The predicted octanol–water partition coefficient (Wildman–Crippen LogP) is 5.89. The lowest BCUT2D eigenvalue weighted by molar-refractivity contribution is -0.139. The maximum atomic E-state index is 11.8. The van der Waals surface area contributed by atoms with Gasteiger partial charge in [-0.3, -0.25) is 4.79 Å². The van der Waals surface area contributed by atoms with Gasteiger partial charge in [0.25, 0.3) is 6.47 Å². The highest BCUT2D eigenvalue weighted by atomic mass is 16.5. The van der Waals surface area contributed by atoms with Crippen molar-refractivity contribution in [3.05, 3.63) is 83.0 Å². The molecule has 38 heavy (non-hydrogen) atoms. The van der Waals surface area contributed by atoms with E-state index in [0.717, 1.165) is 40.7 Å². The van der Waals surface area contributed by atoms with E-state index in [0.29, 0.717) is 48.6 Å². The fourth-order valence-electron chi connectivity index (χ4n) is 3.68. The third-order valence-corrected chi connectivity index (χ3v) is 5.65. The normalized spacial score (nSPS) is 11.0. The summed E-state index contributed by atoms with van der Waals surface area (Å²) < 4.78 is 21.1. The molecule has 0 aliphatic carbocycles. The first kappa shape index (κ1) is 30.3. The molecule has 7 heteroatoms. The van der Waals surface area contributed by atoms with E-state index in [-0.39, 0.29) is 6.61 Å². The van der Waals surface area contributed by atoms with E-state index in [1.807, 2.05) is 37.3 Å². The number of allylic oxidation sites excluding steroid dienone is 1. The average molecular weight is 521 g/mol. The van der Waals surface area contributed by atoms with Gasteiger partial charge in [0.05, 0.1) is 6.61 Å². The molecule has 0 aliphatic heterocycles. The van der Waals surface area contributed by atoms with Crippen molar-refractivity contribution >= 4 is 30.1 Å². The van der Waals surface area contributed by atoms with Crippen LogP contribution in [0.3, 0.4) is 0 Å². The Morgan fingerprint density at radius 3 is 2.16 bits per heavy atom. The van der Waals surface area contributed by atoms with Gasteiger partial charge in [0.2, 0.25) is 0 Å². The molecule has 0 N–H and O–H groups in total. The van der Waals surface area contributed by atoms with Crippen LogP contribution in [0.5, 0.6) is 11.5 Å². The van der Waals surface area contributed by atoms with Gasteiger partial charge in [-0.2, -0.15) is 0 Å². The Bertz CT molecular complexity index is 1190. The summed E-state index contributed by atoms with van der Waals surface area (Å²) in [6.07, 6.45) is 4.69. The molecular formula is C31H36O7. The van der Waals surface area contributed by atoms with Crippen LogP contribution in [0, 0.1) is 0 Å². The highest BCUT2D eigenvalue weighted by molar-refractivity contribution is 5.89. The number of methoxy groups -OCH3 is 1. The summed E-state index contributed by atoms with van der Waals surface area (Å²) in [6, 6.07) is 11.2. The maximum absolute atomic E-state index is 11.8. The largest absolute Gasteiger partial charge is 0.462 e. The number of esters is 2. The Hall–Kier alpha value is -3.97. The van der Waals surface area contributed by atoms with E-state index in [4.69, 9.17) is 18.9 Å². The molecule has 0 fully saturated rings. The van der Waals surface area contributed by atoms with E-state index in [1.165, 1.54) is 0 Å². The molecule has 0 saturated carbocycles. The zero-order chi connectivity index (χ0) is 28.1. The molecule has 2 rings (SSSR count). The molecule has 2 aromatic rings. The molecule has 7 nitrogen and oxygen atoms in total. The lowest BCUT2D eigenvalue weighted by Gasteiger charge is -2.15.